The Morgan fingerprint density at radius 1 is 1.33 bits per heavy atom. The molecule has 0 N–H and O–H groups in total. The number of benzene rings is 1. The molecular weight excluding hydrogens is 212 g/mol. The highest BCUT2D eigenvalue weighted by molar-refractivity contribution is 7.07. The molecule has 1 aromatic carbocycles. The second kappa shape index (κ2) is 4.18. The Kier molecular flexibility index (Phi) is 2.73. The van der Waals surface area contributed by atoms with E-state index in [1.807, 2.05) is 30.3 Å². The van der Waals surface area contributed by atoms with Gasteiger partial charge in [-0.25, -0.2) is 0 Å². The minimum Gasteiger partial charge on any atom is -0.397 e. The Balaban J connectivity index is 2.24. The van der Waals surface area contributed by atoms with Gasteiger partial charge in [0.25, 0.3) is 0 Å². The number of carbonyl (C=O) groups is 1. The topological polar surface area (TPSA) is 52.1 Å². The van der Waals surface area contributed by atoms with Crippen LogP contribution in [0.4, 0.5) is 0 Å². The van der Waals surface area contributed by atoms with E-state index in [9.17, 15) is 4.79 Å². The van der Waals surface area contributed by atoms with Crippen LogP contribution in [0.15, 0.2) is 30.3 Å². The zero-order valence-corrected chi connectivity index (χ0v) is 8.82. The number of hydrogen-bond acceptors (Lipinski definition) is 5. The molecule has 0 radical (unpaired) electrons. The highest BCUT2D eigenvalue weighted by Gasteiger charge is 2.08. The molecule has 0 unspecified atom stereocenters. The van der Waals surface area contributed by atoms with Gasteiger partial charge in [-0.2, -0.15) is 9.36 Å². The lowest BCUT2D eigenvalue weighted by Crippen LogP contribution is -2.00. The predicted molar refractivity (Wildman–Crippen MR) is 56.7 cm³/mol. The fraction of sp³-hybridized carbons (Fsp3) is 0.100. The Morgan fingerprint density at radius 3 is 2.73 bits per heavy atom. The molecule has 0 aliphatic rings. The smallest absolute Gasteiger partial charge is 0.309 e. The van der Waals surface area contributed by atoms with Crippen LogP contribution >= 0.6 is 11.5 Å². The fourth-order valence-electron chi connectivity index (χ4n) is 1.08. The summed E-state index contributed by atoms with van der Waals surface area (Å²) in [6.07, 6.45) is 0. The maximum Gasteiger partial charge on any atom is 0.309 e. The summed E-state index contributed by atoms with van der Waals surface area (Å²) in [7, 11) is 0. The minimum absolute atomic E-state index is 0.279. The second-order valence-corrected chi connectivity index (χ2v) is 3.56. The van der Waals surface area contributed by atoms with Crippen LogP contribution in [0, 0.1) is 0 Å². The molecular formula is C10H8N2O2S. The van der Waals surface area contributed by atoms with Gasteiger partial charge >= 0.3 is 11.2 Å². The molecule has 0 aliphatic heterocycles. The third kappa shape index (κ3) is 2.38. The maximum absolute atomic E-state index is 10.7. The first-order valence-electron chi connectivity index (χ1n) is 4.33. The van der Waals surface area contributed by atoms with Crippen LogP contribution in [0.1, 0.15) is 6.92 Å². The van der Waals surface area contributed by atoms with Gasteiger partial charge in [-0.3, -0.25) is 4.79 Å². The van der Waals surface area contributed by atoms with E-state index in [0.29, 0.717) is 5.82 Å². The molecule has 0 spiro atoms. The maximum atomic E-state index is 10.7. The van der Waals surface area contributed by atoms with E-state index >= 15 is 0 Å². The number of ether oxygens (including phenoxy) is 1. The number of nitrogens with zero attached hydrogens (tertiary/aromatic N) is 2. The van der Waals surface area contributed by atoms with Gasteiger partial charge in [0.1, 0.15) is 0 Å². The number of carbonyl (C=O) groups excluding carboxylic acids is 1. The third-order valence-electron chi connectivity index (χ3n) is 1.67. The lowest BCUT2D eigenvalue weighted by molar-refractivity contribution is -0.131. The van der Waals surface area contributed by atoms with Crippen molar-refractivity contribution in [3.05, 3.63) is 30.3 Å². The normalized spacial score (nSPS) is 9.93. The predicted octanol–water partition coefficient (Wildman–Crippen LogP) is 2.13. The molecule has 0 fully saturated rings. The van der Waals surface area contributed by atoms with E-state index in [1.54, 1.807) is 0 Å². The quantitative estimate of drug-likeness (QED) is 0.727. The lowest BCUT2D eigenvalue weighted by Gasteiger charge is -1.92. The largest absolute Gasteiger partial charge is 0.397 e. The van der Waals surface area contributed by atoms with Gasteiger partial charge in [-0.15, -0.1) is 0 Å². The summed E-state index contributed by atoms with van der Waals surface area (Å²) >= 11 is 1.07. The Labute approximate surface area is 90.7 Å². The monoisotopic (exact) mass is 220 g/mol. The average Bonchev–Trinajstić information content (AvgIpc) is 2.67. The van der Waals surface area contributed by atoms with E-state index in [4.69, 9.17) is 4.74 Å². The van der Waals surface area contributed by atoms with Gasteiger partial charge in [0, 0.05) is 24.0 Å². The van der Waals surface area contributed by atoms with Gasteiger partial charge in [-0.1, -0.05) is 30.3 Å². The number of hydrogen-bond donors (Lipinski definition) is 0. The average molecular weight is 220 g/mol. The molecule has 2 rings (SSSR count). The van der Waals surface area contributed by atoms with E-state index in [-0.39, 0.29) is 11.2 Å². The van der Waals surface area contributed by atoms with Crippen molar-refractivity contribution in [3.63, 3.8) is 0 Å². The summed E-state index contributed by atoms with van der Waals surface area (Å²) in [5.41, 5.74) is 0.909. The second-order valence-electron chi connectivity index (χ2n) is 2.84. The van der Waals surface area contributed by atoms with Crippen LogP contribution in [0.2, 0.25) is 0 Å². The zero-order chi connectivity index (χ0) is 10.7. The summed E-state index contributed by atoms with van der Waals surface area (Å²) in [6, 6.07) is 9.53. The first-order chi connectivity index (χ1) is 7.25. The highest BCUT2D eigenvalue weighted by atomic mass is 32.1. The summed E-state index contributed by atoms with van der Waals surface area (Å²) in [5, 5.41) is 0.279. The lowest BCUT2D eigenvalue weighted by atomic mass is 10.2. The summed E-state index contributed by atoms with van der Waals surface area (Å²) in [6.45, 7) is 1.34. The van der Waals surface area contributed by atoms with Crippen molar-refractivity contribution >= 4 is 17.5 Å². The third-order valence-corrected chi connectivity index (χ3v) is 2.27. The van der Waals surface area contributed by atoms with E-state index < -0.39 is 0 Å². The van der Waals surface area contributed by atoms with Gasteiger partial charge in [-0.05, 0) is 0 Å². The molecule has 1 heterocycles. The molecule has 5 heteroatoms. The first kappa shape index (κ1) is 9.79. The van der Waals surface area contributed by atoms with Crippen molar-refractivity contribution in [1.82, 2.24) is 9.36 Å². The molecule has 0 saturated carbocycles. The number of rotatable bonds is 2. The number of esters is 1. The summed E-state index contributed by atoms with van der Waals surface area (Å²) in [4.78, 5) is 14.8. The molecule has 76 valence electrons. The van der Waals surface area contributed by atoms with Gasteiger partial charge in [0.15, 0.2) is 5.82 Å². The molecule has 0 saturated heterocycles. The fourth-order valence-corrected chi connectivity index (χ4v) is 1.67. The van der Waals surface area contributed by atoms with Crippen molar-refractivity contribution in [1.29, 1.82) is 0 Å². The van der Waals surface area contributed by atoms with Gasteiger partial charge in [0.2, 0.25) is 0 Å². The van der Waals surface area contributed by atoms with E-state index in [1.165, 1.54) is 6.92 Å². The Hall–Kier alpha value is -1.75. The molecule has 0 aliphatic carbocycles. The molecule has 2 aromatic rings. The van der Waals surface area contributed by atoms with Gasteiger partial charge in [0.05, 0.1) is 0 Å². The van der Waals surface area contributed by atoms with Crippen molar-refractivity contribution in [3.8, 4) is 16.6 Å². The first-order valence-corrected chi connectivity index (χ1v) is 5.10. The molecule has 1 aromatic heterocycles. The molecule has 0 bridgehead atoms. The van der Waals surface area contributed by atoms with E-state index in [2.05, 4.69) is 9.36 Å². The van der Waals surface area contributed by atoms with Crippen molar-refractivity contribution < 1.29 is 9.53 Å². The van der Waals surface area contributed by atoms with Crippen molar-refractivity contribution in [2.45, 2.75) is 6.92 Å². The highest BCUT2D eigenvalue weighted by Crippen LogP contribution is 2.22. The Morgan fingerprint density at radius 2 is 2.07 bits per heavy atom. The molecule has 15 heavy (non-hydrogen) atoms. The van der Waals surface area contributed by atoms with Crippen LogP contribution in [0.5, 0.6) is 5.19 Å². The number of aromatic nitrogens is 2. The zero-order valence-electron chi connectivity index (χ0n) is 8.01. The van der Waals surface area contributed by atoms with Crippen LogP contribution in [-0.4, -0.2) is 15.3 Å². The van der Waals surface area contributed by atoms with Crippen LogP contribution < -0.4 is 4.74 Å². The Bertz CT molecular complexity index is 467. The van der Waals surface area contributed by atoms with Crippen molar-refractivity contribution in [2.75, 3.05) is 0 Å². The molecule has 4 nitrogen and oxygen atoms in total. The van der Waals surface area contributed by atoms with Crippen LogP contribution in [0.3, 0.4) is 0 Å². The van der Waals surface area contributed by atoms with Crippen LogP contribution in [-0.2, 0) is 4.79 Å². The summed E-state index contributed by atoms with van der Waals surface area (Å²) < 4.78 is 8.92. The van der Waals surface area contributed by atoms with Crippen molar-refractivity contribution in [2.24, 2.45) is 0 Å². The minimum atomic E-state index is -0.384. The van der Waals surface area contributed by atoms with Gasteiger partial charge < -0.3 is 4.74 Å². The molecule has 0 amide bonds. The SMILES string of the molecule is CC(=O)Oc1nc(-c2ccccc2)ns1. The van der Waals surface area contributed by atoms with E-state index in [0.717, 1.165) is 17.1 Å². The van der Waals surface area contributed by atoms with Crippen LogP contribution in [0.25, 0.3) is 11.4 Å². The summed E-state index contributed by atoms with van der Waals surface area (Å²) in [5.74, 6) is 0.197. The standard InChI is InChI=1S/C10H8N2O2S/c1-7(13)14-10-11-9(12-15-10)8-5-3-2-4-6-8/h2-6H,1H3. The molecule has 0 atom stereocenters.